The van der Waals surface area contributed by atoms with Crippen molar-refractivity contribution in [1.29, 1.82) is 0 Å². The molecule has 0 atom stereocenters. The number of aryl methyl sites for hydroxylation is 1. The zero-order valence-electron chi connectivity index (χ0n) is 11.7. The van der Waals surface area contributed by atoms with Crippen LogP contribution in [0.5, 0.6) is 0 Å². The molecule has 0 unspecified atom stereocenters. The van der Waals surface area contributed by atoms with Crippen molar-refractivity contribution in [3.63, 3.8) is 0 Å². The number of hydrogen-bond donors (Lipinski definition) is 1. The average molecular weight is 273 g/mol. The highest BCUT2D eigenvalue weighted by atomic mass is 19.1. The lowest BCUT2D eigenvalue weighted by atomic mass is 10.2. The first-order chi connectivity index (χ1) is 9.70. The molecule has 1 aromatic carbocycles. The number of anilines is 1. The first-order valence-corrected chi connectivity index (χ1v) is 6.83. The van der Waals surface area contributed by atoms with Crippen molar-refractivity contribution in [2.45, 2.75) is 19.9 Å². The normalized spacial score (nSPS) is 10.6. The number of benzene rings is 1. The van der Waals surface area contributed by atoms with Crippen LogP contribution in [0.1, 0.15) is 17.8 Å². The van der Waals surface area contributed by atoms with E-state index in [0.29, 0.717) is 25.3 Å². The second-order valence-electron chi connectivity index (χ2n) is 4.79. The highest BCUT2D eigenvalue weighted by Crippen LogP contribution is 2.20. The molecule has 2 aromatic rings. The Balaban J connectivity index is 2.22. The van der Waals surface area contributed by atoms with E-state index in [9.17, 15) is 4.39 Å². The fourth-order valence-corrected chi connectivity index (χ4v) is 2.16. The third-order valence-electron chi connectivity index (χ3n) is 3.12. The van der Waals surface area contributed by atoms with Gasteiger partial charge in [-0.15, -0.1) is 0 Å². The second kappa shape index (κ2) is 7.01. The number of rotatable bonds is 6. The van der Waals surface area contributed by atoms with Crippen LogP contribution in [0.2, 0.25) is 0 Å². The van der Waals surface area contributed by atoms with Gasteiger partial charge in [-0.25, -0.2) is 4.39 Å². The van der Waals surface area contributed by atoms with E-state index >= 15 is 0 Å². The minimum atomic E-state index is -0.211. The van der Waals surface area contributed by atoms with Crippen molar-refractivity contribution in [1.82, 2.24) is 4.98 Å². The van der Waals surface area contributed by atoms with Gasteiger partial charge < -0.3 is 10.6 Å². The molecule has 4 heteroatoms. The summed E-state index contributed by atoms with van der Waals surface area (Å²) in [6.07, 6.45) is 0.820. The van der Waals surface area contributed by atoms with E-state index < -0.39 is 0 Å². The van der Waals surface area contributed by atoms with Crippen molar-refractivity contribution < 1.29 is 4.39 Å². The predicted molar refractivity (Wildman–Crippen MR) is 80.1 cm³/mol. The van der Waals surface area contributed by atoms with Crippen molar-refractivity contribution in [3.8, 4) is 0 Å². The number of pyridine rings is 1. The van der Waals surface area contributed by atoms with E-state index in [-0.39, 0.29) is 5.82 Å². The largest absolute Gasteiger partial charge is 0.363 e. The summed E-state index contributed by atoms with van der Waals surface area (Å²) < 4.78 is 14.0. The van der Waals surface area contributed by atoms with Gasteiger partial charge in [0.25, 0.3) is 0 Å². The lowest BCUT2D eigenvalue weighted by Crippen LogP contribution is -2.27. The molecule has 0 bridgehead atoms. The van der Waals surface area contributed by atoms with Gasteiger partial charge in [-0.2, -0.15) is 0 Å². The molecule has 0 saturated carbocycles. The van der Waals surface area contributed by atoms with Gasteiger partial charge in [-0.05, 0) is 44.2 Å². The van der Waals surface area contributed by atoms with Crippen LogP contribution in [0.4, 0.5) is 10.1 Å². The van der Waals surface area contributed by atoms with E-state index in [2.05, 4.69) is 4.98 Å². The molecule has 1 heterocycles. The van der Waals surface area contributed by atoms with E-state index in [1.165, 1.54) is 6.07 Å². The molecule has 1 aromatic heterocycles. The summed E-state index contributed by atoms with van der Waals surface area (Å²) in [4.78, 5) is 6.47. The van der Waals surface area contributed by atoms with Crippen LogP contribution in [0.25, 0.3) is 0 Å². The van der Waals surface area contributed by atoms with Crippen LogP contribution in [0.3, 0.4) is 0 Å². The number of halogens is 1. The van der Waals surface area contributed by atoms with Crippen LogP contribution < -0.4 is 10.6 Å². The first-order valence-electron chi connectivity index (χ1n) is 6.83. The number of aromatic nitrogens is 1. The zero-order valence-corrected chi connectivity index (χ0v) is 11.7. The van der Waals surface area contributed by atoms with E-state index in [0.717, 1.165) is 17.8 Å². The number of para-hydroxylation sites is 1. The summed E-state index contributed by atoms with van der Waals surface area (Å²) in [5, 5.41) is 0. The fraction of sp³-hybridized carbons (Fsp3) is 0.312. The molecule has 106 valence electrons. The van der Waals surface area contributed by atoms with Crippen molar-refractivity contribution in [2.24, 2.45) is 5.73 Å². The Kier molecular flexibility index (Phi) is 5.07. The standard InChI is InChI=1S/C16H20FN3/c1-13-6-4-7-14(19-13)12-20(11-5-10-18)16-9-3-2-8-15(16)17/h2-4,6-9H,5,10-12,18H2,1H3. The monoisotopic (exact) mass is 273 g/mol. The summed E-state index contributed by atoms with van der Waals surface area (Å²) in [7, 11) is 0. The highest BCUT2D eigenvalue weighted by Gasteiger charge is 2.12. The van der Waals surface area contributed by atoms with Gasteiger partial charge in [-0.3, -0.25) is 4.98 Å². The third kappa shape index (κ3) is 3.78. The van der Waals surface area contributed by atoms with Gasteiger partial charge in [-0.1, -0.05) is 18.2 Å². The van der Waals surface area contributed by atoms with Crippen molar-refractivity contribution in [2.75, 3.05) is 18.0 Å². The summed E-state index contributed by atoms with van der Waals surface area (Å²) in [5.41, 5.74) is 8.08. The molecule has 0 radical (unpaired) electrons. The second-order valence-corrected chi connectivity index (χ2v) is 4.79. The Morgan fingerprint density at radius 1 is 1.15 bits per heavy atom. The third-order valence-corrected chi connectivity index (χ3v) is 3.12. The lowest BCUT2D eigenvalue weighted by Gasteiger charge is -2.25. The Morgan fingerprint density at radius 3 is 2.65 bits per heavy atom. The van der Waals surface area contributed by atoms with Gasteiger partial charge in [0, 0.05) is 12.2 Å². The molecular weight excluding hydrogens is 253 g/mol. The molecular formula is C16H20FN3. The number of hydrogen-bond acceptors (Lipinski definition) is 3. The zero-order chi connectivity index (χ0) is 14.4. The Morgan fingerprint density at radius 2 is 1.95 bits per heavy atom. The minimum Gasteiger partial charge on any atom is -0.363 e. The maximum absolute atomic E-state index is 14.0. The molecule has 0 amide bonds. The predicted octanol–water partition coefficient (Wildman–Crippen LogP) is 2.88. The molecule has 0 spiro atoms. The van der Waals surface area contributed by atoms with Crippen LogP contribution in [0, 0.1) is 12.7 Å². The lowest BCUT2D eigenvalue weighted by molar-refractivity contribution is 0.611. The van der Waals surface area contributed by atoms with E-state index in [4.69, 9.17) is 5.73 Å². The number of nitrogens with two attached hydrogens (primary N) is 1. The van der Waals surface area contributed by atoms with Gasteiger partial charge in [0.2, 0.25) is 0 Å². The van der Waals surface area contributed by atoms with Crippen LogP contribution >= 0.6 is 0 Å². The van der Waals surface area contributed by atoms with E-state index in [1.807, 2.05) is 36.1 Å². The molecule has 2 N–H and O–H groups in total. The summed E-state index contributed by atoms with van der Waals surface area (Å²) in [6.45, 7) is 3.85. The van der Waals surface area contributed by atoms with Gasteiger partial charge in [0.15, 0.2) is 0 Å². The topological polar surface area (TPSA) is 42.1 Å². The maximum atomic E-state index is 14.0. The first kappa shape index (κ1) is 14.5. The van der Waals surface area contributed by atoms with Crippen molar-refractivity contribution >= 4 is 5.69 Å². The van der Waals surface area contributed by atoms with Gasteiger partial charge >= 0.3 is 0 Å². The molecule has 0 aliphatic rings. The van der Waals surface area contributed by atoms with Crippen LogP contribution in [-0.2, 0) is 6.54 Å². The van der Waals surface area contributed by atoms with Crippen LogP contribution in [-0.4, -0.2) is 18.1 Å². The minimum absolute atomic E-state index is 0.211. The van der Waals surface area contributed by atoms with Crippen molar-refractivity contribution in [3.05, 3.63) is 59.7 Å². The summed E-state index contributed by atoms with van der Waals surface area (Å²) in [6, 6.07) is 12.7. The Bertz CT molecular complexity index is 557. The van der Waals surface area contributed by atoms with Gasteiger partial charge in [0.1, 0.15) is 5.82 Å². The Hall–Kier alpha value is -1.94. The molecule has 3 nitrogen and oxygen atoms in total. The van der Waals surface area contributed by atoms with E-state index in [1.54, 1.807) is 12.1 Å². The molecule has 0 fully saturated rings. The maximum Gasteiger partial charge on any atom is 0.146 e. The fourth-order valence-electron chi connectivity index (χ4n) is 2.16. The molecule has 2 rings (SSSR count). The molecule has 20 heavy (non-hydrogen) atoms. The molecule has 0 aliphatic carbocycles. The highest BCUT2D eigenvalue weighted by molar-refractivity contribution is 5.47. The smallest absolute Gasteiger partial charge is 0.146 e. The SMILES string of the molecule is Cc1cccc(CN(CCCN)c2ccccc2F)n1. The number of nitrogens with zero attached hydrogens (tertiary/aromatic N) is 2. The van der Waals surface area contributed by atoms with Gasteiger partial charge in [0.05, 0.1) is 17.9 Å². The summed E-state index contributed by atoms with van der Waals surface area (Å²) in [5.74, 6) is -0.211. The average Bonchev–Trinajstić information content (AvgIpc) is 2.44. The quantitative estimate of drug-likeness (QED) is 0.880. The molecule has 0 saturated heterocycles. The van der Waals surface area contributed by atoms with Crippen LogP contribution in [0.15, 0.2) is 42.5 Å². The summed E-state index contributed by atoms with van der Waals surface area (Å²) >= 11 is 0. The molecule has 0 aliphatic heterocycles. The Labute approximate surface area is 119 Å².